The molecule has 1 aromatic carbocycles. The minimum Gasteiger partial charge on any atom is -0.394 e. The third kappa shape index (κ3) is 4.25. The average Bonchev–Trinajstić information content (AvgIpc) is 2.67. The summed E-state index contributed by atoms with van der Waals surface area (Å²) in [7, 11) is 0. The predicted octanol–water partition coefficient (Wildman–Crippen LogP) is 3.43. The standard InChI is InChI=1S/C24H34N2O3/c1-4-8-17-11-13-18(14-12-17)23-20(15-25(6-3)22(28)5-2)26(21(23)16-27)24(29)19-9-7-10-19/h4,8,11-14,19-21,23,27H,5-7,9-10,15-16H2,1-3H3/b8-4+/t20-,21+,23-/m1/s1. The molecule has 1 heterocycles. The van der Waals surface area contributed by atoms with Gasteiger partial charge in [0, 0.05) is 31.3 Å². The summed E-state index contributed by atoms with van der Waals surface area (Å²) in [5, 5.41) is 10.1. The molecule has 1 N–H and O–H groups in total. The third-order valence-electron chi connectivity index (χ3n) is 6.56. The van der Waals surface area contributed by atoms with Crippen LogP contribution in [0.3, 0.4) is 0 Å². The van der Waals surface area contributed by atoms with Gasteiger partial charge in [0.15, 0.2) is 0 Å². The number of rotatable bonds is 8. The Labute approximate surface area is 174 Å². The Morgan fingerprint density at radius 3 is 2.34 bits per heavy atom. The summed E-state index contributed by atoms with van der Waals surface area (Å²) in [4.78, 5) is 29.2. The molecule has 1 aromatic rings. The van der Waals surface area contributed by atoms with Crippen molar-refractivity contribution in [2.75, 3.05) is 19.7 Å². The van der Waals surface area contributed by atoms with Crippen molar-refractivity contribution in [2.24, 2.45) is 5.92 Å². The average molecular weight is 399 g/mol. The van der Waals surface area contributed by atoms with Crippen molar-refractivity contribution in [3.63, 3.8) is 0 Å². The monoisotopic (exact) mass is 398 g/mol. The molecule has 1 saturated carbocycles. The van der Waals surface area contributed by atoms with Gasteiger partial charge in [-0.1, -0.05) is 49.8 Å². The minimum absolute atomic E-state index is 0.0439. The smallest absolute Gasteiger partial charge is 0.226 e. The number of hydrogen-bond acceptors (Lipinski definition) is 3. The van der Waals surface area contributed by atoms with Gasteiger partial charge in [0.05, 0.1) is 18.7 Å². The van der Waals surface area contributed by atoms with E-state index in [0.29, 0.717) is 19.5 Å². The number of amides is 2. The molecule has 0 unspecified atom stereocenters. The lowest BCUT2D eigenvalue weighted by Gasteiger charge is -2.57. The van der Waals surface area contributed by atoms with Crippen molar-refractivity contribution in [3.8, 4) is 0 Å². The summed E-state index contributed by atoms with van der Waals surface area (Å²) in [6, 6.07) is 8.05. The fourth-order valence-electron chi connectivity index (χ4n) is 4.67. The van der Waals surface area contributed by atoms with Gasteiger partial charge in [-0.3, -0.25) is 9.59 Å². The highest BCUT2D eigenvalue weighted by Crippen LogP contribution is 2.44. The maximum absolute atomic E-state index is 13.1. The first-order valence-corrected chi connectivity index (χ1v) is 11.0. The summed E-state index contributed by atoms with van der Waals surface area (Å²) in [5.74, 6) is 0.393. The SMILES string of the molecule is C/C=C/c1ccc([C@@H]2[C@@H](CN(CC)C(=O)CC)N(C(=O)C3CCC3)[C@H]2CO)cc1. The lowest BCUT2D eigenvalue weighted by Crippen LogP contribution is -2.70. The maximum Gasteiger partial charge on any atom is 0.226 e. The van der Waals surface area contributed by atoms with E-state index < -0.39 is 0 Å². The molecule has 1 aliphatic carbocycles. The number of allylic oxidation sites excluding steroid dienone is 1. The van der Waals surface area contributed by atoms with Crippen molar-refractivity contribution in [2.45, 2.75) is 64.5 Å². The zero-order valence-electron chi connectivity index (χ0n) is 17.9. The molecule has 3 rings (SSSR count). The molecule has 158 valence electrons. The zero-order chi connectivity index (χ0) is 21.0. The second kappa shape index (κ2) is 9.57. The Hall–Kier alpha value is -2.14. The highest BCUT2D eigenvalue weighted by atomic mass is 16.3. The number of hydrogen-bond donors (Lipinski definition) is 1. The van der Waals surface area contributed by atoms with E-state index in [4.69, 9.17) is 0 Å². The second-order valence-electron chi connectivity index (χ2n) is 8.17. The van der Waals surface area contributed by atoms with E-state index in [2.05, 4.69) is 30.3 Å². The van der Waals surface area contributed by atoms with Crippen LogP contribution in [0.4, 0.5) is 0 Å². The molecule has 0 radical (unpaired) electrons. The lowest BCUT2D eigenvalue weighted by molar-refractivity contribution is -0.161. The third-order valence-corrected chi connectivity index (χ3v) is 6.56. The van der Waals surface area contributed by atoms with Crippen LogP contribution in [-0.4, -0.2) is 58.5 Å². The Balaban J connectivity index is 1.88. The van der Waals surface area contributed by atoms with Gasteiger partial charge in [0.25, 0.3) is 0 Å². The van der Waals surface area contributed by atoms with Crippen molar-refractivity contribution < 1.29 is 14.7 Å². The Bertz CT molecular complexity index is 739. The molecule has 1 saturated heterocycles. The van der Waals surface area contributed by atoms with E-state index >= 15 is 0 Å². The van der Waals surface area contributed by atoms with Gasteiger partial charge in [-0.05, 0) is 37.8 Å². The van der Waals surface area contributed by atoms with Crippen LogP contribution in [0, 0.1) is 5.92 Å². The summed E-state index contributed by atoms with van der Waals surface area (Å²) in [5.41, 5.74) is 2.26. The van der Waals surface area contributed by atoms with Crippen LogP contribution in [0.2, 0.25) is 0 Å². The van der Waals surface area contributed by atoms with Gasteiger partial charge in [-0.25, -0.2) is 0 Å². The molecule has 5 nitrogen and oxygen atoms in total. The molecule has 2 aliphatic rings. The van der Waals surface area contributed by atoms with Gasteiger partial charge < -0.3 is 14.9 Å². The minimum atomic E-state index is -0.212. The van der Waals surface area contributed by atoms with E-state index in [0.717, 1.165) is 30.4 Å². The first-order chi connectivity index (χ1) is 14.0. The fourth-order valence-corrected chi connectivity index (χ4v) is 4.67. The molecular weight excluding hydrogens is 364 g/mol. The highest BCUT2D eigenvalue weighted by Gasteiger charge is 2.53. The Morgan fingerprint density at radius 2 is 1.86 bits per heavy atom. The van der Waals surface area contributed by atoms with Crippen LogP contribution in [0.1, 0.15) is 63.5 Å². The molecule has 0 aromatic heterocycles. The van der Waals surface area contributed by atoms with Crippen molar-refractivity contribution in [1.82, 2.24) is 9.80 Å². The normalized spacial score (nSPS) is 24.3. The number of aliphatic hydroxyl groups excluding tert-OH is 1. The predicted molar refractivity (Wildman–Crippen MR) is 115 cm³/mol. The van der Waals surface area contributed by atoms with E-state index in [1.54, 1.807) is 0 Å². The van der Waals surface area contributed by atoms with Gasteiger partial charge in [0.1, 0.15) is 0 Å². The van der Waals surface area contributed by atoms with E-state index in [9.17, 15) is 14.7 Å². The molecule has 0 bridgehead atoms. The molecule has 2 amide bonds. The number of carbonyl (C=O) groups excluding carboxylic acids is 2. The Kier molecular flexibility index (Phi) is 7.12. The zero-order valence-corrected chi connectivity index (χ0v) is 17.9. The first-order valence-electron chi connectivity index (χ1n) is 11.0. The van der Waals surface area contributed by atoms with Crippen LogP contribution in [0.15, 0.2) is 30.3 Å². The number of likely N-dealkylation sites (tertiary alicyclic amines) is 1. The van der Waals surface area contributed by atoms with Gasteiger partial charge in [-0.15, -0.1) is 0 Å². The summed E-state index contributed by atoms with van der Waals surface area (Å²) >= 11 is 0. The molecule has 1 aliphatic heterocycles. The van der Waals surface area contributed by atoms with Crippen LogP contribution < -0.4 is 0 Å². The largest absolute Gasteiger partial charge is 0.394 e. The quantitative estimate of drug-likeness (QED) is 0.730. The number of benzene rings is 1. The number of nitrogens with zero attached hydrogens (tertiary/aromatic N) is 2. The number of carbonyl (C=O) groups is 2. The first kappa shape index (κ1) is 21.6. The van der Waals surface area contributed by atoms with E-state index in [-0.39, 0.29) is 42.3 Å². The highest BCUT2D eigenvalue weighted by molar-refractivity contribution is 5.82. The number of likely N-dealkylation sites (N-methyl/N-ethyl adjacent to an activating group) is 1. The van der Waals surface area contributed by atoms with Crippen molar-refractivity contribution >= 4 is 17.9 Å². The molecule has 0 spiro atoms. The number of aliphatic hydroxyl groups is 1. The van der Waals surface area contributed by atoms with Crippen LogP contribution in [0.5, 0.6) is 0 Å². The summed E-state index contributed by atoms with van der Waals surface area (Å²) in [6.45, 7) is 6.95. The topological polar surface area (TPSA) is 60.9 Å². The van der Waals surface area contributed by atoms with Crippen LogP contribution in [0.25, 0.3) is 6.08 Å². The van der Waals surface area contributed by atoms with E-state index in [1.807, 2.05) is 36.6 Å². The fraction of sp³-hybridized carbons (Fsp3) is 0.583. The van der Waals surface area contributed by atoms with Crippen LogP contribution >= 0.6 is 0 Å². The molecule has 29 heavy (non-hydrogen) atoms. The maximum atomic E-state index is 13.1. The van der Waals surface area contributed by atoms with E-state index in [1.165, 1.54) is 0 Å². The summed E-state index contributed by atoms with van der Waals surface area (Å²) in [6.07, 6.45) is 7.50. The second-order valence-corrected chi connectivity index (χ2v) is 8.17. The lowest BCUT2D eigenvalue weighted by atomic mass is 9.72. The van der Waals surface area contributed by atoms with Crippen LogP contribution in [-0.2, 0) is 9.59 Å². The summed E-state index contributed by atoms with van der Waals surface area (Å²) < 4.78 is 0. The molecule has 3 atom stereocenters. The Morgan fingerprint density at radius 1 is 1.17 bits per heavy atom. The molecule has 2 fully saturated rings. The van der Waals surface area contributed by atoms with Gasteiger partial charge in [-0.2, -0.15) is 0 Å². The van der Waals surface area contributed by atoms with Gasteiger partial charge in [0.2, 0.25) is 11.8 Å². The molecule has 5 heteroatoms. The molecular formula is C24H34N2O3. The van der Waals surface area contributed by atoms with Gasteiger partial charge >= 0.3 is 0 Å². The van der Waals surface area contributed by atoms with Crippen molar-refractivity contribution in [1.29, 1.82) is 0 Å². The van der Waals surface area contributed by atoms with Crippen molar-refractivity contribution in [3.05, 3.63) is 41.5 Å².